The van der Waals surface area contributed by atoms with Crippen LogP contribution < -0.4 is 4.90 Å². The maximum Gasteiger partial charge on any atom is 0.233 e. The number of carbonyl (C=O) groups is 1. The van der Waals surface area contributed by atoms with Gasteiger partial charge >= 0.3 is 0 Å². The first-order chi connectivity index (χ1) is 19.9. The van der Waals surface area contributed by atoms with E-state index < -0.39 is 11.6 Å². The third-order valence-electron chi connectivity index (χ3n) is 11.8. The van der Waals surface area contributed by atoms with Crippen molar-refractivity contribution in [2.75, 3.05) is 11.4 Å². The standard InChI is InChI=1S/C33H37FN4O3/c34-25-18-33(16-23(25)17-33)30(39)38(24-3-1-2-22(14-24)26-15-27(40-36-26)20-4-5-20)19-31-8-11-32(12-9-31,13-10-31)29-35-28(37-41-29)21-6-7-21/h1-3,14-15,20-21,23,25H,4-13,16-19H2. The molecule has 8 fully saturated rings. The van der Waals surface area contributed by atoms with E-state index in [1.165, 1.54) is 12.8 Å². The van der Waals surface area contributed by atoms with Crippen LogP contribution in [0.4, 0.5) is 10.1 Å². The normalized spacial score (nSPS) is 35.4. The number of alkyl halides is 1. The second-order valence-corrected chi connectivity index (χ2v) is 14.5. The van der Waals surface area contributed by atoms with Crippen molar-refractivity contribution in [1.29, 1.82) is 0 Å². The van der Waals surface area contributed by atoms with E-state index in [9.17, 15) is 9.18 Å². The Morgan fingerprint density at radius 1 is 0.927 bits per heavy atom. The van der Waals surface area contributed by atoms with E-state index in [4.69, 9.17) is 14.0 Å². The van der Waals surface area contributed by atoms with E-state index >= 15 is 0 Å². The number of hydrogen-bond acceptors (Lipinski definition) is 6. The zero-order valence-electron chi connectivity index (χ0n) is 23.5. The van der Waals surface area contributed by atoms with Gasteiger partial charge in [-0.25, -0.2) is 4.39 Å². The summed E-state index contributed by atoms with van der Waals surface area (Å²) in [6.07, 6.45) is 11.7. The van der Waals surface area contributed by atoms with Gasteiger partial charge in [0.25, 0.3) is 0 Å². The zero-order valence-corrected chi connectivity index (χ0v) is 23.5. The van der Waals surface area contributed by atoms with Crippen LogP contribution >= 0.6 is 0 Å². The van der Waals surface area contributed by atoms with Crippen LogP contribution in [0.2, 0.25) is 0 Å². The number of fused-ring (bicyclic) bond motifs is 4. The minimum Gasteiger partial charge on any atom is -0.360 e. The average molecular weight is 557 g/mol. The summed E-state index contributed by atoms with van der Waals surface area (Å²) in [4.78, 5) is 21.3. The van der Waals surface area contributed by atoms with E-state index in [-0.39, 0.29) is 22.7 Å². The second-order valence-electron chi connectivity index (χ2n) is 14.5. The third-order valence-corrected chi connectivity index (χ3v) is 11.8. The Kier molecular flexibility index (Phi) is 5.10. The molecule has 1 aromatic carbocycles. The highest BCUT2D eigenvalue weighted by Crippen LogP contribution is 2.62. The summed E-state index contributed by atoms with van der Waals surface area (Å²) < 4.78 is 26.1. The molecule has 11 rings (SSSR count). The number of rotatable bonds is 8. The van der Waals surface area contributed by atoms with Gasteiger partial charge in [0.05, 0.1) is 5.41 Å². The SMILES string of the molecule is O=C(N(CC12CCC(c3nc(C4CC4)no3)(CC1)CC2)c1cccc(-c2cc(C3CC3)on2)c1)C12CC(F)C(C1)C2. The van der Waals surface area contributed by atoms with Crippen LogP contribution in [0.15, 0.2) is 39.4 Å². The number of anilines is 1. The maximum absolute atomic E-state index is 14.6. The highest BCUT2D eigenvalue weighted by atomic mass is 19.1. The molecule has 214 valence electrons. The lowest BCUT2D eigenvalue weighted by molar-refractivity contribution is -0.132. The van der Waals surface area contributed by atoms with Gasteiger partial charge in [-0.2, -0.15) is 4.98 Å². The molecule has 8 saturated carbocycles. The summed E-state index contributed by atoms with van der Waals surface area (Å²) in [6, 6.07) is 10.2. The lowest BCUT2D eigenvalue weighted by Gasteiger charge is -2.54. The lowest BCUT2D eigenvalue weighted by atomic mass is 9.53. The predicted octanol–water partition coefficient (Wildman–Crippen LogP) is 7.24. The molecule has 0 spiro atoms. The lowest BCUT2D eigenvalue weighted by Crippen LogP contribution is -2.54. The van der Waals surface area contributed by atoms with Crippen LogP contribution in [0.25, 0.3) is 11.3 Å². The van der Waals surface area contributed by atoms with Crippen LogP contribution in [0.5, 0.6) is 0 Å². The Bertz CT molecular complexity index is 1490. The van der Waals surface area contributed by atoms with Crippen LogP contribution in [0.1, 0.15) is 113 Å². The van der Waals surface area contributed by atoms with Crippen LogP contribution in [-0.4, -0.2) is 33.9 Å². The average Bonchev–Trinajstić information content (AvgIpc) is 3.85. The fraction of sp³-hybridized carbons (Fsp3) is 0.636. The van der Waals surface area contributed by atoms with Crippen molar-refractivity contribution in [3.05, 3.63) is 47.8 Å². The first-order valence-electron chi connectivity index (χ1n) is 15.8. The molecule has 2 aromatic heterocycles. The number of amides is 1. The quantitative estimate of drug-likeness (QED) is 0.291. The minimum absolute atomic E-state index is 0.0182. The Labute approximate surface area is 239 Å². The van der Waals surface area contributed by atoms with Crippen molar-refractivity contribution in [2.45, 2.75) is 107 Å². The molecule has 1 atom stereocenters. The van der Waals surface area contributed by atoms with Crippen LogP contribution in [-0.2, 0) is 10.2 Å². The molecule has 41 heavy (non-hydrogen) atoms. The molecule has 4 bridgehead atoms. The molecule has 3 aromatic rings. The van der Waals surface area contributed by atoms with Gasteiger partial charge in [0, 0.05) is 41.1 Å². The van der Waals surface area contributed by atoms with Gasteiger partial charge in [0.15, 0.2) is 5.82 Å². The minimum atomic E-state index is -0.846. The van der Waals surface area contributed by atoms with E-state index in [2.05, 4.69) is 22.4 Å². The predicted molar refractivity (Wildman–Crippen MR) is 149 cm³/mol. The number of halogens is 1. The van der Waals surface area contributed by atoms with Crippen molar-refractivity contribution in [1.82, 2.24) is 15.3 Å². The Hall–Kier alpha value is -3.03. The number of carbonyl (C=O) groups excluding carboxylic acids is 1. The molecular weight excluding hydrogens is 519 g/mol. The highest BCUT2D eigenvalue weighted by Gasteiger charge is 2.62. The molecule has 8 heteroatoms. The molecule has 7 nitrogen and oxygen atoms in total. The van der Waals surface area contributed by atoms with Crippen molar-refractivity contribution in [2.24, 2.45) is 16.7 Å². The molecule has 0 radical (unpaired) electrons. The summed E-state index contributed by atoms with van der Waals surface area (Å²) in [5.41, 5.74) is 2.16. The largest absolute Gasteiger partial charge is 0.360 e. The molecule has 1 amide bonds. The van der Waals surface area contributed by atoms with Crippen molar-refractivity contribution in [3.63, 3.8) is 0 Å². The maximum atomic E-state index is 14.6. The topological polar surface area (TPSA) is 85.3 Å². The van der Waals surface area contributed by atoms with Crippen molar-refractivity contribution in [3.8, 4) is 11.3 Å². The van der Waals surface area contributed by atoms with Gasteiger partial charge in [0.2, 0.25) is 11.8 Å². The van der Waals surface area contributed by atoms with E-state index in [0.29, 0.717) is 37.6 Å². The summed E-state index contributed by atoms with van der Waals surface area (Å²) in [5.74, 6) is 3.85. The number of nitrogens with zero attached hydrogens (tertiary/aromatic N) is 4. The van der Waals surface area contributed by atoms with Gasteiger partial charge in [0.1, 0.15) is 17.6 Å². The molecule has 8 aliphatic carbocycles. The van der Waals surface area contributed by atoms with Crippen molar-refractivity contribution < 1.29 is 18.2 Å². The van der Waals surface area contributed by atoms with Crippen molar-refractivity contribution >= 4 is 11.6 Å². The zero-order chi connectivity index (χ0) is 27.4. The fourth-order valence-electron chi connectivity index (χ4n) is 8.67. The summed E-state index contributed by atoms with van der Waals surface area (Å²) in [7, 11) is 0. The molecule has 8 aliphatic rings. The van der Waals surface area contributed by atoms with Crippen LogP contribution in [0, 0.1) is 16.7 Å². The third kappa shape index (κ3) is 3.88. The molecule has 1 unspecified atom stereocenters. The monoisotopic (exact) mass is 556 g/mol. The summed E-state index contributed by atoms with van der Waals surface area (Å²) in [5, 5.41) is 8.68. The number of aromatic nitrogens is 3. The van der Waals surface area contributed by atoms with E-state index in [1.54, 1.807) is 0 Å². The van der Waals surface area contributed by atoms with Gasteiger partial charge in [-0.15, -0.1) is 0 Å². The Balaban J connectivity index is 1.01. The molecule has 2 heterocycles. The second kappa shape index (κ2) is 8.51. The fourth-order valence-corrected chi connectivity index (χ4v) is 8.67. The summed E-state index contributed by atoms with van der Waals surface area (Å²) in [6.45, 7) is 0.679. The van der Waals surface area contributed by atoms with Crippen LogP contribution in [0.3, 0.4) is 0 Å². The number of hydrogen-bond donors (Lipinski definition) is 0. The molecular formula is C33H37FN4O3. The first-order valence-corrected chi connectivity index (χ1v) is 15.8. The number of benzene rings is 1. The Morgan fingerprint density at radius 2 is 1.68 bits per heavy atom. The molecule has 0 saturated heterocycles. The molecule has 0 aliphatic heterocycles. The highest BCUT2D eigenvalue weighted by molar-refractivity contribution is 5.99. The van der Waals surface area contributed by atoms with E-state index in [1.807, 2.05) is 23.1 Å². The van der Waals surface area contributed by atoms with Gasteiger partial charge in [-0.05, 0) is 107 Å². The Morgan fingerprint density at radius 3 is 2.37 bits per heavy atom. The first kappa shape index (κ1) is 24.6. The smallest absolute Gasteiger partial charge is 0.233 e. The summed E-state index contributed by atoms with van der Waals surface area (Å²) >= 11 is 0. The molecule has 0 N–H and O–H groups in total. The van der Waals surface area contributed by atoms with Gasteiger partial charge in [-0.1, -0.05) is 22.4 Å². The van der Waals surface area contributed by atoms with E-state index in [0.717, 1.165) is 85.8 Å². The van der Waals surface area contributed by atoms with Gasteiger partial charge in [-0.3, -0.25) is 4.79 Å². The van der Waals surface area contributed by atoms with Gasteiger partial charge < -0.3 is 13.9 Å².